The highest BCUT2D eigenvalue weighted by molar-refractivity contribution is 14.1. The van der Waals surface area contributed by atoms with Crippen LogP contribution in [0.1, 0.15) is 16.7 Å². The zero-order valence-electron chi connectivity index (χ0n) is 18.2. The number of hydrogen-bond acceptors (Lipinski definition) is 6. The Balaban J connectivity index is 0.000000448. The monoisotopic (exact) mass is 609 g/mol. The topological polar surface area (TPSA) is 118 Å². The van der Waals surface area contributed by atoms with Crippen LogP contribution < -0.4 is 22.3 Å². The van der Waals surface area contributed by atoms with Gasteiger partial charge in [0.15, 0.2) is 5.82 Å². The molecule has 6 N–H and O–H groups in total. The summed E-state index contributed by atoms with van der Waals surface area (Å²) < 4.78 is 2.78. The maximum Gasteiger partial charge on any atom is 0.172 e. The van der Waals surface area contributed by atoms with Crippen LogP contribution in [0.25, 0.3) is 0 Å². The summed E-state index contributed by atoms with van der Waals surface area (Å²) in [6, 6.07) is 29.9. The number of nitrogens with one attached hydrogen (secondary N) is 2. The van der Waals surface area contributed by atoms with Crippen LogP contribution in [0.2, 0.25) is 0 Å². The first-order valence-corrected chi connectivity index (χ1v) is 11.0. The van der Waals surface area contributed by atoms with Gasteiger partial charge in [0.2, 0.25) is 0 Å². The van der Waals surface area contributed by atoms with E-state index in [2.05, 4.69) is 44.5 Å². The number of nitriles is 1. The van der Waals surface area contributed by atoms with Crippen molar-refractivity contribution in [2.75, 3.05) is 11.1 Å². The minimum Gasteiger partial charge on any atom is -0.383 e. The van der Waals surface area contributed by atoms with E-state index >= 15 is 0 Å². The number of nitrogen functional groups attached to an aromatic ring is 1. The smallest absolute Gasteiger partial charge is 0.172 e. The van der Waals surface area contributed by atoms with Crippen LogP contribution in [-0.2, 0) is 13.1 Å². The molecule has 0 atom stereocenters. The lowest BCUT2D eigenvalue weighted by Gasteiger charge is -2.04. The van der Waals surface area contributed by atoms with Crippen molar-refractivity contribution in [3.05, 3.63) is 105 Å². The van der Waals surface area contributed by atoms with Gasteiger partial charge in [-0.2, -0.15) is 10.4 Å². The van der Waals surface area contributed by atoms with E-state index in [0.717, 1.165) is 21.4 Å². The number of aromatic nitrogens is 2. The molecule has 34 heavy (non-hydrogen) atoms. The van der Waals surface area contributed by atoms with Crippen LogP contribution in [0, 0.1) is 14.9 Å². The second-order valence-corrected chi connectivity index (χ2v) is 8.11. The maximum absolute atomic E-state index is 9.38. The Morgan fingerprint density at radius 1 is 0.882 bits per heavy atom. The van der Waals surface area contributed by atoms with Crippen molar-refractivity contribution in [2.24, 2.45) is 5.84 Å². The third kappa shape index (κ3) is 8.52. The summed E-state index contributed by atoms with van der Waals surface area (Å²) in [5, 5.41) is 17.0. The molecule has 4 aromatic rings. The molecule has 7 nitrogen and oxygen atoms in total. The molecule has 0 aliphatic heterocycles. The summed E-state index contributed by atoms with van der Waals surface area (Å²) in [5.74, 6) is 5.95. The molecule has 0 fully saturated rings. The molecule has 0 saturated heterocycles. The standard InChI is InChI=1S/C17H14IN5.C7H10N2.2ClH/c18-13-6-8-14(9-7-13)21-17-15(10-19)16(20)23(22-17)11-12-4-2-1-3-5-12;8-9-6-7-4-2-1-3-5-7;;/h1-9H,11,20H2,(H,21,22);1-5,9H,6,8H2;2*1H. The number of hydrazine groups is 1. The quantitative estimate of drug-likeness (QED) is 0.135. The first-order valence-electron chi connectivity index (χ1n) is 9.91. The van der Waals surface area contributed by atoms with Gasteiger partial charge in [0, 0.05) is 15.8 Å². The van der Waals surface area contributed by atoms with Crippen molar-refractivity contribution >= 4 is 64.7 Å². The molecule has 178 valence electrons. The molecule has 10 heteroatoms. The molecular weight excluding hydrogens is 584 g/mol. The highest BCUT2D eigenvalue weighted by Gasteiger charge is 2.15. The van der Waals surface area contributed by atoms with Gasteiger partial charge in [-0.15, -0.1) is 24.8 Å². The number of benzene rings is 3. The van der Waals surface area contributed by atoms with Crippen LogP contribution >= 0.6 is 47.4 Å². The Labute approximate surface area is 225 Å². The normalized spacial score (nSPS) is 9.44. The average Bonchev–Trinajstić information content (AvgIpc) is 3.11. The lowest BCUT2D eigenvalue weighted by molar-refractivity contribution is 0.700. The molecule has 0 radical (unpaired) electrons. The highest BCUT2D eigenvalue weighted by Crippen LogP contribution is 2.25. The predicted octanol–water partition coefficient (Wildman–Crippen LogP) is 5.23. The van der Waals surface area contributed by atoms with Gasteiger partial charge in [0.1, 0.15) is 17.5 Å². The fraction of sp³-hybridized carbons (Fsp3) is 0.0833. The summed E-state index contributed by atoms with van der Waals surface area (Å²) >= 11 is 2.24. The minimum absolute atomic E-state index is 0. The SMILES string of the molecule is Cl.Cl.N#Cc1c(Nc2ccc(I)cc2)nn(Cc2ccccc2)c1N.NNCc1ccccc1. The summed E-state index contributed by atoms with van der Waals surface area (Å²) in [7, 11) is 0. The van der Waals surface area contributed by atoms with Gasteiger partial charge < -0.3 is 11.1 Å². The highest BCUT2D eigenvalue weighted by atomic mass is 127. The van der Waals surface area contributed by atoms with Crippen molar-refractivity contribution in [3.8, 4) is 6.07 Å². The number of hydrogen-bond donors (Lipinski definition) is 4. The van der Waals surface area contributed by atoms with E-state index in [4.69, 9.17) is 11.6 Å². The third-order valence-corrected chi connectivity index (χ3v) is 5.25. The van der Waals surface area contributed by atoms with E-state index in [1.165, 1.54) is 5.56 Å². The Kier molecular flexibility index (Phi) is 13.0. The molecule has 1 aromatic heterocycles. The summed E-state index contributed by atoms with van der Waals surface area (Å²) in [6.45, 7) is 1.26. The zero-order valence-corrected chi connectivity index (χ0v) is 22.0. The lowest BCUT2D eigenvalue weighted by atomic mass is 10.2. The lowest BCUT2D eigenvalue weighted by Crippen LogP contribution is -2.20. The molecule has 0 aliphatic rings. The van der Waals surface area contributed by atoms with Gasteiger partial charge in [-0.25, -0.2) is 4.68 Å². The number of halogens is 3. The molecule has 4 rings (SSSR count). The summed E-state index contributed by atoms with van der Waals surface area (Å²) in [6.07, 6.45) is 0. The Hall–Kier alpha value is -2.81. The van der Waals surface area contributed by atoms with Gasteiger partial charge in [0.25, 0.3) is 0 Å². The van der Waals surface area contributed by atoms with Crippen molar-refractivity contribution in [3.63, 3.8) is 0 Å². The van der Waals surface area contributed by atoms with Gasteiger partial charge >= 0.3 is 0 Å². The van der Waals surface area contributed by atoms with E-state index in [1.54, 1.807) is 4.68 Å². The molecule has 0 aliphatic carbocycles. The first kappa shape index (κ1) is 29.2. The predicted molar refractivity (Wildman–Crippen MR) is 151 cm³/mol. The fourth-order valence-corrected chi connectivity index (χ4v) is 3.29. The molecule has 1 heterocycles. The number of rotatable bonds is 6. The molecule has 0 unspecified atom stereocenters. The van der Waals surface area contributed by atoms with Crippen molar-refractivity contribution < 1.29 is 0 Å². The van der Waals surface area contributed by atoms with Gasteiger partial charge in [-0.05, 0) is 58.0 Å². The molecule has 3 aromatic carbocycles. The van der Waals surface area contributed by atoms with Crippen molar-refractivity contribution in [1.82, 2.24) is 15.2 Å². The van der Waals surface area contributed by atoms with Crippen LogP contribution in [-0.4, -0.2) is 9.78 Å². The Morgan fingerprint density at radius 3 is 1.97 bits per heavy atom. The van der Waals surface area contributed by atoms with E-state index in [-0.39, 0.29) is 24.8 Å². The second-order valence-electron chi connectivity index (χ2n) is 6.86. The van der Waals surface area contributed by atoms with E-state index in [1.807, 2.05) is 84.9 Å². The number of nitrogens with two attached hydrogens (primary N) is 2. The Morgan fingerprint density at radius 2 is 1.44 bits per heavy atom. The van der Waals surface area contributed by atoms with Gasteiger partial charge in [-0.3, -0.25) is 11.3 Å². The zero-order chi connectivity index (χ0) is 22.8. The molecule has 0 spiro atoms. The minimum atomic E-state index is 0. The van der Waals surface area contributed by atoms with Gasteiger partial charge in [-0.1, -0.05) is 60.7 Å². The third-order valence-electron chi connectivity index (χ3n) is 4.53. The van der Waals surface area contributed by atoms with E-state index in [0.29, 0.717) is 23.7 Å². The summed E-state index contributed by atoms with van der Waals surface area (Å²) in [4.78, 5) is 0. The van der Waals surface area contributed by atoms with E-state index in [9.17, 15) is 5.26 Å². The van der Waals surface area contributed by atoms with Crippen LogP contribution in [0.3, 0.4) is 0 Å². The van der Waals surface area contributed by atoms with Crippen LogP contribution in [0.15, 0.2) is 84.9 Å². The van der Waals surface area contributed by atoms with Crippen LogP contribution in [0.5, 0.6) is 0 Å². The van der Waals surface area contributed by atoms with Crippen LogP contribution in [0.4, 0.5) is 17.3 Å². The first-order chi connectivity index (χ1) is 15.6. The number of anilines is 3. The summed E-state index contributed by atoms with van der Waals surface area (Å²) in [5.41, 5.74) is 12.2. The molecular formula is C24H26Cl2IN7. The fourth-order valence-electron chi connectivity index (χ4n) is 2.93. The second kappa shape index (κ2) is 15.2. The maximum atomic E-state index is 9.38. The average molecular weight is 610 g/mol. The number of nitrogens with zero attached hydrogens (tertiary/aromatic N) is 3. The largest absolute Gasteiger partial charge is 0.383 e. The van der Waals surface area contributed by atoms with Gasteiger partial charge in [0.05, 0.1) is 6.54 Å². The molecule has 0 amide bonds. The Bertz CT molecular complexity index is 1160. The molecule has 0 saturated carbocycles. The molecule has 0 bridgehead atoms. The van der Waals surface area contributed by atoms with E-state index < -0.39 is 0 Å². The van der Waals surface area contributed by atoms with Crippen molar-refractivity contribution in [1.29, 1.82) is 5.26 Å². The van der Waals surface area contributed by atoms with Crippen molar-refractivity contribution in [2.45, 2.75) is 13.1 Å².